The van der Waals surface area contributed by atoms with E-state index in [1.165, 1.54) is 11.0 Å². The molecule has 2 aliphatic rings. The summed E-state index contributed by atoms with van der Waals surface area (Å²) in [6.07, 6.45) is 1.74. The second-order valence-corrected chi connectivity index (χ2v) is 17.7. The van der Waals surface area contributed by atoms with Gasteiger partial charge in [0.1, 0.15) is 12.4 Å². The number of methoxy groups -OCH3 is 1. The molecule has 1 unspecified atom stereocenters. The summed E-state index contributed by atoms with van der Waals surface area (Å²) in [5, 5.41) is 15.9. The molecule has 4 rings (SSSR count). The van der Waals surface area contributed by atoms with E-state index in [-0.39, 0.29) is 40.4 Å². The van der Waals surface area contributed by atoms with Crippen LogP contribution in [0.4, 0.5) is 10.5 Å². The van der Waals surface area contributed by atoms with Gasteiger partial charge in [0.15, 0.2) is 12.0 Å². The van der Waals surface area contributed by atoms with Gasteiger partial charge in [-0.2, -0.15) is 11.3 Å². The Kier molecular flexibility index (Phi) is 9.35. The van der Waals surface area contributed by atoms with Gasteiger partial charge in [0.25, 0.3) is 14.2 Å². The van der Waals surface area contributed by atoms with Crippen molar-refractivity contribution in [2.75, 3.05) is 25.2 Å². The molecule has 0 saturated carbocycles. The maximum absolute atomic E-state index is 14.1. The van der Waals surface area contributed by atoms with E-state index in [0.717, 1.165) is 11.1 Å². The average Bonchev–Trinajstić information content (AvgIpc) is 3.46. The van der Waals surface area contributed by atoms with Crippen LogP contribution < -0.4 is 14.1 Å². The summed E-state index contributed by atoms with van der Waals surface area (Å²) < 4.78 is 18.2. The molecule has 1 aromatic carbocycles. The van der Waals surface area contributed by atoms with Gasteiger partial charge in [0.05, 0.1) is 24.4 Å². The molecule has 3 heterocycles. The molecule has 1 N–H and O–H groups in total. The number of benzene rings is 1. The largest absolute Gasteiger partial charge is 0.540 e. The molecule has 10 heteroatoms. The van der Waals surface area contributed by atoms with Crippen molar-refractivity contribution < 1.29 is 28.6 Å². The summed E-state index contributed by atoms with van der Waals surface area (Å²) in [4.78, 5) is 30.4. The number of thiophene rings is 1. The molecule has 0 aliphatic carbocycles. The third-order valence-electron chi connectivity index (χ3n) is 8.41. The number of hydrogen-bond donors (Lipinski definition) is 1. The highest BCUT2D eigenvalue weighted by Crippen LogP contribution is 2.47. The van der Waals surface area contributed by atoms with Crippen molar-refractivity contribution >= 4 is 42.9 Å². The maximum Gasteiger partial charge on any atom is 0.416 e. The highest BCUT2D eigenvalue weighted by Gasteiger charge is 2.49. The fraction of sp³-hybridized carbons (Fsp3) is 0.484. The lowest BCUT2D eigenvalue weighted by Crippen LogP contribution is -2.54. The number of fused-ring (bicyclic) bond motifs is 2. The fourth-order valence-electron chi connectivity index (χ4n) is 6.52. The minimum absolute atomic E-state index is 0.0383. The van der Waals surface area contributed by atoms with Gasteiger partial charge in [0.2, 0.25) is 0 Å². The van der Waals surface area contributed by atoms with Gasteiger partial charge >= 0.3 is 6.09 Å². The van der Waals surface area contributed by atoms with E-state index < -0.39 is 26.7 Å². The summed E-state index contributed by atoms with van der Waals surface area (Å²) in [6, 6.07) is 4.64. The van der Waals surface area contributed by atoms with Crippen LogP contribution in [0, 0.1) is 0 Å². The number of ether oxygens (including phenoxy) is 2. The van der Waals surface area contributed by atoms with Gasteiger partial charge in [-0.25, -0.2) is 9.69 Å². The van der Waals surface area contributed by atoms with E-state index in [4.69, 9.17) is 13.9 Å². The van der Waals surface area contributed by atoms with Crippen LogP contribution in [-0.2, 0) is 4.74 Å². The van der Waals surface area contributed by atoms with Crippen LogP contribution in [0.1, 0.15) is 63.9 Å². The van der Waals surface area contributed by atoms with Crippen molar-refractivity contribution in [2.45, 2.75) is 76.9 Å². The zero-order chi connectivity index (χ0) is 30.1. The molecule has 0 spiro atoms. The highest BCUT2D eigenvalue weighted by molar-refractivity contribution is 7.08. The zero-order valence-corrected chi connectivity index (χ0v) is 26.9. The van der Waals surface area contributed by atoms with Gasteiger partial charge in [-0.05, 0) is 57.1 Å². The SMILES string of the molecule is C=CCOC(=O)N1c2cc(O[Si](C(C)C)(C(C)C)C(C)C)c(OC)cc2C(=O)N2CC=C(c3ccsc3)C[C@H]2C1O. The molecule has 2 aromatic rings. The van der Waals surface area contributed by atoms with Gasteiger partial charge in [-0.1, -0.05) is 60.3 Å². The number of aliphatic hydroxyl groups is 1. The third-order valence-corrected chi connectivity index (χ3v) is 15.1. The molecular formula is C31H42N2O6SSi. The van der Waals surface area contributed by atoms with E-state index in [1.54, 1.807) is 35.5 Å². The lowest BCUT2D eigenvalue weighted by atomic mass is 9.94. The Bertz CT molecular complexity index is 1280. The molecule has 0 bridgehead atoms. The van der Waals surface area contributed by atoms with Gasteiger partial charge < -0.3 is 23.9 Å². The lowest BCUT2D eigenvalue weighted by molar-refractivity contribution is 0.0397. The van der Waals surface area contributed by atoms with Crippen LogP contribution in [0.15, 0.2) is 47.7 Å². The number of carbonyl (C=O) groups is 2. The predicted octanol–water partition coefficient (Wildman–Crippen LogP) is 7.07. The number of carbonyl (C=O) groups excluding carboxylic acids is 2. The first kappa shape index (κ1) is 30.9. The summed E-state index contributed by atoms with van der Waals surface area (Å²) >= 11 is 1.59. The quantitative estimate of drug-likeness (QED) is 0.245. The Labute approximate surface area is 248 Å². The van der Waals surface area contributed by atoms with Crippen molar-refractivity contribution in [3.05, 3.63) is 58.8 Å². The number of amides is 2. The number of hydrogen-bond acceptors (Lipinski definition) is 7. The molecule has 1 aromatic heterocycles. The van der Waals surface area contributed by atoms with E-state index in [0.29, 0.717) is 24.5 Å². The van der Waals surface area contributed by atoms with E-state index in [2.05, 4.69) is 48.1 Å². The van der Waals surface area contributed by atoms with Crippen molar-refractivity contribution in [2.24, 2.45) is 0 Å². The van der Waals surface area contributed by atoms with Gasteiger partial charge in [0, 0.05) is 12.6 Å². The summed E-state index contributed by atoms with van der Waals surface area (Å²) in [5.74, 6) is 0.566. The highest BCUT2D eigenvalue weighted by atomic mass is 32.1. The standard InChI is InChI=1S/C31H42N2O6SSi/c1-9-13-38-31(36)33-25-17-28(39-41(19(2)3,20(4)5)21(6)7)27(37-8)16-24(25)29(34)32-12-10-22(15-26(32)30(33)35)23-11-14-40-18-23/h9-11,14,16-21,26,30,35H,1,12-13,15H2,2-8H3/t26-,30?/m0/s1. The lowest BCUT2D eigenvalue weighted by Gasteiger charge is -2.42. The molecular weight excluding hydrogens is 557 g/mol. The molecule has 0 radical (unpaired) electrons. The fourth-order valence-corrected chi connectivity index (χ4v) is 12.5. The topological polar surface area (TPSA) is 88.5 Å². The second kappa shape index (κ2) is 12.4. The molecule has 2 aliphatic heterocycles. The Morgan fingerprint density at radius 3 is 2.41 bits per heavy atom. The van der Waals surface area contributed by atoms with Crippen LogP contribution in [0.25, 0.3) is 5.57 Å². The minimum atomic E-state index is -2.44. The monoisotopic (exact) mass is 598 g/mol. The minimum Gasteiger partial charge on any atom is -0.540 e. The molecule has 0 fully saturated rings. The van der Waals surface area contributed by atoms with Crippen molar-refractivity contribution in [1.82, 2.24) is 4.90 Å². The van der Waals surface area contributed by atoms with E-state index in [1.807, 2.05) is 22.9 Å². The zero-order valence-electron chi connectivity index (χ0n) is 25.0. The normalized spacial score (nSPS) is 19.1. The van der Waals surface area contributed by atoms with Crippen molar-refractivity contribution in [1.29, 1.82) is 0 Å². The van der Waals surface area contributed by atoms with Crippen LogP contribution in [0.2, 0.25) is 16.6 Å². The van der Waals surface area contributed by atoms with Gasteiger partial charge in [-0.15, -0.1) is 0 Å². The number of anilines is 1. The van der Waals surface area contributed by atoms with Crippen LogP contribution >= 0.6 is 11.3 Å². The van der Waals surface area contributed by atoms with Crippen LogP contribution in [-0.4, -0.2) is 62.9 Å². The van der Waals surface area contributed by atoms with Crippen molar-refractivity contribution in [3.63, 3.8) is 0 Å². The molecule has 2 amide bonds. The molecule has 41 heavy (non-hydrogen) atoms. The molecule has 2 atom stereocenters. The first-order valence-electron chi connectivity index (χ1n) is 14.2. The number of nitrogens with zero attached hydrogens (tertiary/aromatic N) is 2. The second-order valence-electron chi connectivity index (χ2n) is 11.6. The summed E-state index contributed by atoms with van der Waals surface area (Å²) in [5.41, 5.74) is 3.38. The Hall–Kier alpha value is -3.08. The Balaban J connectivity index is 1.88. The van der Waals surface area contributed by atoms with Crippen LogP contribution in [0.3, 0.4) is 0 Å². The number of rotatable bonds is 9. The van der Waals surface area contributed by atoms with Gasteiger partial charge in [-0.3, -0.25) is 4.79 Å². The summed E-state index contributed by atoms with van der Waals surface area (Å²) in [6.45, 7) is 17.0. The third kappa shape index (κ3) is 5.57. The molecule has 8 nitrogen and oxygen atoms in total. The Morgan fingerprint density at radius 1 is 1.17 bits per heavy atom. The van der Waals surface area contributed by atoms with E-state index >= 15 is 0 Å². The number of aliphatic hydroxyl groups excluding tert-OH is 1. The maximum atomic E-state index is 14.1. The smallest absolute Gasteiger partial charge is 0.416 e. The van der Waals surface area contributed by atoms with E-state index in [9.17, 15) is 14.7 Å². The van der Waals surface area contributed by atoms with Crippen LogP contribution in [0.5, 0.6) is 11.5 Å². The molecule has 222 valence electrons. The first-order chi connectivity index (χ1) is 19.5. The first-order valence-corrected chi connectivity index (χ1v) is 17.2. The van der Waals surface area contributed by atoms with Crippen molar-refractivity contribution in [3.8, 4) is 11.5 Å². The molecule has 0 saturated heterocycles. The predicted molar refractivity (Wildman–Crippen MR) is 166 cm³/mol. The Morgan fingerprint density at radius 2 is 1.85 bits per heavy atom. The average molecular weight is 599 g/mol. The summed E-state index contributed by atoms with van der Waals surface area (Å²) in [7, 11) is -0.897.